The quantitative estimate of drug-likeness (QED) is 0.324. The SMILES string of the molecule is CNC(=O)c1cc2c(-c3ccc(C(=O)NCc4cccc(C(F)(F)F)c4)cc3)c(C)cc(F)c2[nH]1. The van der Waals surface area contributed by atoms with Crippen molar-refractivity contribution in [3.63, 3.8) is 0 Å². The summed E-state index contributed by atoms with van der Waals surface area (Å²) in [4.78, 5) is 27.4. The molecular formula is C26H21F4N3O2. The smallest absolute Gasteiger partial charge is 0.354 e. The third-order valence-corrected chi connectivity index (χ3v) is 5.68. The van der Waals surface area contributed by atoms with Crippen LogP contribution in [0.15, 0.2) is 60.7 Å². The van der Waals surface area contributed by atoms with Crippen LogP contribution in [0.25, 0.3) is 22.0 Å². The van der Waals surface area contributed by atoms with Gasteiger partial charge in [-0.25, -0.2) is 4.39 Å². The minimum atomic E-state index is -4.46. The van der Waals surface area contributed by atoms with Gasteiger partial charge in [0.15, 0.2) is 0 Å². The summed E-state index contributed by atoms with van der Waals surface area (Å²) in [5.41, 5.74) is 2.36. The molecular weight excluding hydrogens is 462 g/mol. The molecule has 4 rings (SSSR count). The van der Waals surface area contributed by atoms with Crippen LogP contribution in [-0.2, 0) is 12.7 Å². The van der Waals surface area contributed by atoms with Crippen LogP contribution in [-0.4, -0.2) is 23.8 Å². The van der Waals surface area contributed by atoms with Gasteiger partial charge in [-0.05, 0) is 65.6 Å². The first-order valence-corrected chi connectivity index (χ1v) is 10.7. The lowest BCUT2D eigenvalue weighted by Gasteiger charge is -2.11. The summed E-state index contributed by atoms with van der Waals surface area (Å²) < 4.78 is 53.2. The molecule has 35 heavy (non-hydrogen) atoms. The molecule has 180 valence electrons. The van der Waals surface area contributed by atoms with Crippen molar-refractivity contribution in [2.45, 2.75) is 19.6 Å². The molecule has 3 N–H and O–H groups in total. The van der Waals surface area contributed by atoms with Gasteiger partial charge < -0.3 is 15.6 Å². The first-order valence-electron chi connectivity index (χ1n) is 10.7. The van der Waals surface area contributed by atoms with Crippen LogP contribution in [0.4, 0.5) is 17.6 Å². The molecule has 1 heterocycles. The Hall–Kier alpha value is -4.14. The molecule has 9 heteroatoms. The van der Waals surface area contributed by atoms with Crippen molar-refractivity contribution in [3.8, 4) is 11.1 Å². The number of aromatic amines is 1. The van der Waals surface area contributed by atoms with E-state index in [0.717, 1.165) is 12.1 Å². The summed E-state index contributed by atoms with van der Waals surface area (Å²) in [6.07, 6.45) is -4.46. The fraction of sp³-hybridized carbons (Fsp3) is 0.154. The van der Waals surface area contributed by atoms with Gasteiger partial charge in [0.2, 0.25) is 0 Å². The number of carbonyl (C=O) groups is 2. The minimum Gasteiger partial charge on any atom is -0.354 e. The maximum absolute atomic E-state index is 14.5. The molecule has 1 aromatic heterocycles. The van der Waals surface area contributed by atoms with Gasteiger partial charge in [-0.2, -0.15) is 13.2 Å². The molecule has 0 saturated carbocycles. The fourth-order valence-corrected chi connectivity index (χ4v) is 3.96. The number of hydrogen-bond acceptors (Lipinski definition) is 2. The zero-order valence-corrected chi connectivity index (χ0v) is 18.8. The van der Waals surface area contributed by atoms with Crippen molar-refractivity contribution in [2.24, 2.45) is 0 Å². The molecule has 3 aromatic carbocycles. The van der Waals surface area contributed by atoms with Crippen LogP contribution in [0.1, 0.15) is 37.5 Å². The lowest BCUT2D eigenvalue weighted by Crippen LogP contribution is -2.23. The monoisotopic (exact) mass is 483 g/mol. The summed E-state index contributed by atoms with van der Waals surface area (Å²) >= 11 is 0. The summed E-state index contributed by atoms with van der Waals surface area (Å²) in [6.45, 7) is 1.69. The molecule has 0 aliphatic heterocycles. The number of fused-ring (bicyclic) bond motifs is 1. The molecule has 0 spiro atoms. The van der Waals surface area contributed by atoms with Crippen LogP contribution >= 0.6 is 0 Å². The van der Waals surface area contributed by atoms with E-state index in [1.54, 1.807) is 37.3 Å². The maximum Gasteiger partial charge on any atom is 0.416 e. The van der Waals surface area contributed by atoms with Crippen molar-refractivity contribution < 1.29 is 27.2 Å². The first-order chi connectivity index (χ1) is 16.6. The fourth-order valence-electron chi connectivity index (χ4n) is 3.96. The Morgan fingerprint density at radius 1 is 0.971 bits per heavy atom. The van der Waals surface area contributed by atoms with E-state index in [0.29, 0.717) is 33.2 Å². The molecule has 4 aromatic rings. The number of alkyl halides is 3. The molecule has 0 radical (unpaired) electrons. The van der Waals surface area contributed by atoms with Gasteiger partial charge in [-0.1, -0.05) is 24.3 Å². The van der Waals surface area contributed by atoms with Crippen molar-refractivity contribution in [1.82, 2.24) is 15.6 Å². The minimum absolute atomic E-state index is 0.0617. The van der Waals surface area contributed by atoms with E-state index in [2.05, 4.69) is 15.6 Å². The molecule has 0 saturated heterocycles. The number of benzene rings is 3. The number of aromatic nitrogens is 1. The largest absolute Gasteiger partial charge is 0.416 e. The normalized spacial score (nSPS) is 11.5. The molecule has 0 atom stereocenters. The van der Waals surface area contributed by atoms with E-state index in [1.165, 1.54) is 25.2 Å². The first kappa shape index (κ1) is 24.0. The number of aryl methyl sites for hydroxylation is 1. The summed E-state index contributed by atoms with van der Waals surface area (Å²) in [7, 11) is 1.48. The molecule has 5 nitrogen and oxygen atoms in total. The van der Waals surface area contributed by atoms with Gasteiger partial charge in [0.05, 0.1) is 11.1 Å². The van der Waals surface area contributed by atoms with Crippen LogP contribution < -0.4 is 10.6 Å². The van der Waals surface area contributed by atoms with Gasteiger partial charge in [-0.15, -0.1) is 0 Å². The van der Waals surface area contributed by atoms with Crippen molar-refractivity contribution in [1.29, 1.82) is 0 Å². The Labute approximate surface area is 198 Å². The predicted molar refractivity (Wildman–Crippen MR) is 124 cm³/mol. The predicted octanol–water partition coefficient (Wildman–Crippen LogP) is 5.59. The average Bonchev–Trinajstić information content (AvgIpc) is 3.28. The van der Waals surface area contributed by atoms with Crippen LogP contribution in [0.5, 0.6) is 0 Å². The number of carbonyl (C=O) groups excluding carboxylic acids is 2. The van der Waals surface area contributed by atoms with E-state index < -0.39 is 23.5 Å². The molecule has 0 aliphatic rings. The zero-order valence-electron chi connectivity index (χ0n) is 18.8. The van der Waals surface area contributed by atoms with E-state index in [-0.39, 0.29) is 23.7 Å². The number of hydrogen-bond donors (Lipinski definition) is 3. The lowest BCUT2D eigenvalue weighted by atomic mass is 9.95. The number of nitrogens with one attached hydrogen (secondary N) is 3. The second-order valence-corrected chi connectivity index (χ2v) is 8.06. The third-order valence-electron chi connectivity index (χ3n) is 5.68. The molecule has 2 amide bonds. The number of amides is 2. The standard InChI is InChI=1S/C26H21F4N3O2/c1-14-10-20(27)23-19(12-21(33-23)25(35)31-2)22(14)16-6-8-17(9-7-16)24(34)32-13-15-4-3-5-18(11-15)26(28,29)30/h3-12,33H,13H2,1-2H3,(H,31,35)(H,32,34). The van der Waals surface area contributed by atoms with Gasteiger partial charge in [0, 0.05) is 24.5 Å². The lowest BCUT2D eigenvalue weighted by molar-refractivity contribution is -0.137. The Bertz CT molecular complexity index is 1420. The topological polar surface area (TPSA) is 74.0 Å². The van der Waals surface area contributed by atoms with E-state index in [1.807, 2.05) is 0 Å². The van der Waals surface area contributed by atoms with E-state index >= 15 is 0 Å². The third kappa shape index (κ3) is 4.89. The highest BCUT2D eigenvalue weighted by atomic mass is 19.4. The molecule has 0 aliphatic carbocycles. The zero-order chi connectivity index (χ0) is 25.3. The Morgan fingerprint density at radius 2 is 1.69 bits per heavy atom. The van der Waals surface area contributed by atoms with Gasteiger partial charge in [0.1, 0.15) is 11.5 Å². The Morgan fingerprint density at radius 3 is 2.34 bits per heavy atom. The van der Waals surface area contributed by atoms with E-state index in [4.69, 9.17) is 0 Å². The van der Waals surface area contributed by atoms with Crippen LogP contribution in [0, 0.1) is 12.7 Å². The van der Waals surface area contributed by atoms with Crippen molar-refractivity contribution in [3.05, 3.63) is 94.4 Å². The number of rotatable bonds is 5. The highest BCUT2D eigenvalue weighted by molar-refractivity contribution is 6.04. The highest BCUT2D eigenvalue weighted by Gasteiger charge is 2.30. The van der Waals surface area contributed by atoms with E-state index in [9.17, 15) is 27.2 Å². The highest BCUT2D eigenvalue weighted by Crippen LogP contribution is 2.34. The Kier molecular flexibility index (Phi) is 6.34. The van der Waals surface area contributed by atoms with Crippen LogP contribution in [0.3, 0.4) is 0 Å². The van der Waals surface area contributed by atoms with Gasteiger partial charge in [0.25, 0.3) is 11.8 Å². The van der Waals surface area contributed by atoms with Gasteiger partial charge in [-0.3, -0.25) is 9.59 Å². The second kappa shape index (κ2) is 9.25. The van der Waals surface area contributed by atoms with Crippen molar-refractivity contribution >= 4 is 22.7 Å². The number of H-pyrrole nitrogens is 1. The summed E-state index contributed by atoms with van der Waals surface area (Å²) in [5, 5.41) is 5.65. The second-order valence-electron chi connectivity index (χ2n) is 8.06. The molecule has 0 bridgehead atoms. The average molecular weight is 483 g/mol. The molecule has 0 unspecified atom stereocenters. The van der Waals surface area contributed by atoms with Crippen molar-refractivity contribution in [2.75, 3.05) is 7.05 Å². The Balaban J connectivity index is 1.57. The summed E-state index contributed by atoms with van der Waals surface area (Å²) in [5.74, 6) is -1.31. The summed E-state index contributed by atoms with van der Waals surface area (Å²) in [6, 6.07) is 14.3. The number of halogens is 4. The van der Waals surface area contributed by atoms with Gasteiger partial charge >= 0.3 is 6.18 Å². The maximum atomic E-state index is 14.5. The molecule has 0 fully saturated rings. The van der Waals surface area contributed by atoms with Crippen LogP contribution in [0.2, 0.25) is 0 Å².